The van der Waals surface area contributed by atoms with E-state index in [-0.39, 0.29) is 6.04 Å². The second-order valence-electron chi connectivity index (χ2n) is 2.46. The van der Waals surface area contributed by atoms with Crippen molar-refractivity contribution >= 4 is 16.7 Å². The molecule has 0 aliphatic heterocycles. The lowest BCUT2D eigenvalue weighted by Crippen LogP contribution is -2.12. The van der Waals surface area contributed by atoms with Crippen LogP contribution in [-0.2, 0) is 0 Å². The average molecular weight is 196 g/mol. The lowest BCUT2D eigenvalue weighted by Gasteiger charge is -1.96. The van der Waals surface area contributed by atoms with Gasteiger partial charge in [0.2, 0.25) is 5.13 Å². The molecule has 0 amide bonds. The molecule has 1 rings (SSSR count). The van der Waals surface area contributed by atoms with Crippen molar-refractivity contribution in [3.05, 3.63) is 30.8 Å². The van der Waals surface area contributed by atoms with Gasteiger partial charge in [-0.3, -0.25) is 0 Å². The quantitative estimate of drug-likeness (QED) is 0.712. The average Bonchev–Trinajstić information content (AvgIpc) is 2.51. The summed E-state index contributed by atoms with van der Waals surface area (Å²) in [6, 6.07) is -0.124. The van der Waals surface area contributed by atoms with Crippen LogP contribution >= 0.6 is 11.5 Å². The first-order valence-corrected chi connectivity index (χ1v) is 4.61. The summed E-state index contributed by atoms with van der Waals surface area (Å²) in [5.74, 6) is 0.772. The summed E-state index contributed by atoms with van der Waals surface area (Å²) < 4.78 is 4.02. The Kier molecular flexibility index (Phi) is 3.60. The van der Waals surface area contributed by atoms with Crippen LogP contribution in [0.15, 0.2) is 24.9 Å². The summed E-state index contributed by atoms with van der Waals surface area (Å²) >= 11 is 1.32. The molecule has 70 valence electrons. The van der Waals surface area contributed by atoms with E-state index >= 15 is 0 Å². The summed E-state index contributed by atoms with van der Waals surface area (Å²) in [5, 5.41) is 3.74. The van der Waals surface area contributed by atoms with E-state index in [4.69, 9.17) is 5.73 Å². The monoisotopic (exact) mass is 196 g/mol. The molecule has 0 radical (unpaired) electrons. The number of rotatable bonds is 4. The maximum Gasteiger partial charge on any atom is 0.206 e. The Balaban J connectivity index is 2.42. The van der Waals surface area contributed by atoms with Gasteiger partial charge in [-0.15, -0.1) is 6.58 Å². The zero-order valence-corrected chi connectivity index (χ0v) is 8.21. The normalized spacial score (nSPS) is 13.1. The van der Waals surface area contributed by atoms with E-state index < -0.39 is 0 Å². The third kappa shape index (κ3) is 3.35. The van der Waals surface area contributed by atoms with Crippen molar-refractivity contribution in [2.45, 2.75) is 13.0 Å². The number of aryl methyl sites for hydroxylation is 1. The Morgan fingerprint density at radius 2 is 2.46 bits per heavy atom. The number of nitrogens with one attached hydrogen (secondary N) is 1. The van der Waals surface area contributed by atoms with Crippen LogP contribution in [0.4, 0.5) is 5.13 Å². The number of nitrogens with two attached hydrogens (primary N) is 1. The largest absolute Gasteiger partial charge is 0.337 e. The van der Waals surface area contributed by atoms with Crippen LogP contribution in [-0.4, -0.2) is 15.4 Å². The smallest absolute Gasteiger partial charge is 0.206 e. The molecule has 0 aliphatic rings. The van der Waals surface area contributed by atoms with Gasteiger partial charge in [-0.25, -0.2) is 4.98 Å². The SMILES string of the molecule is C=CC(N)/C=C/Nc1nc(C)ns1. The third-order valence-corrected chi connectivity index (χ3v) is 2.06. The summed E-state index contributed by atoms with van der Waals surface area (Å²) in [5.41, 5.74) is 5.56. The molecule has 0 aromatic carbocycles. The molecule has 0 spiro atoms. The minimum absolute atomic E-state index is 0.124. The Hall–Kier alpha value is -1.20. The summed E-state index contributed by atoms with van der Waals surface area (Å²) in [6.07, 6.45) is 5.19. The van der Waals surface area contributed by atoms with Gasteiger partial charge in [-0.1, -0.05) is 6.08 Å². The fourth-order valence-corrected chi connectivity index (χ4v) is 1.22. The van der Waals surface area contributed by atoms with Crippen molar-refractivity contribution in [3.8, 4) is 0 Å². The van der Waals surface area contributed by atoms with E-state index in [1.165, 1.54) is 11.5 Å². The summed E-state index contributed by atoms with van der Waals surface area (Å²) in [6.45, 7) is 5.41. The topological polar surface area (TPSA) is 63.8 Å². The predicted molar refractivity (Wildman–Crippen MR) is 55.6 cm³/mol. The molecule has 1 aromatic heterocycles. The maximum absolute atomic E-state index is 5.56. The van der Waals surface area contributed by atoms with Crippen molar-refractivity contribution in [1.29, 1.82) is 0 Å². The van der Waals surface area contributed by atoms with Gasteiger partial charge >= 0.3 is 0 Å². The van der Waals surface area contributed by atoms with Crippen LogP contribution in [0.2, 0.25) is 0 Å². The highest BCUT2D eigenvalue weighted by atomic mass is 32.1. The second-order valence-corrected chi connectivity index (χ2v) is 3.22. The maximum atomic E-state index is 5.56. The Bertz CT molecular complexity index is 305. The standard InChI is InChI=1S/C8H12N4S/c1-3-7(9)4-5-10-8-11-6(2)12-13-8/h3-5,7H,1,9H2,2H3,(H,10,11,12)/b5-4+. The van der Waals surface area contributed by atoms with Crippen LogP contribution in [0.1, 0.15) is 5.82 Å². The lowest BCUT2D eigenvalue weighted by molar-refractivity contribution is 1.03. The molecule has 13 heavy (non-hydrogen) atoms. The highest BCUT2D eigenvalue weighted by molar-refractivity contribution is 7.09. The van der Waals surface area contributed by atoms with Crippen molar-refractivity contribution in [2.75, 3.05) is 5.32 Å². The van der Waals surface area contributed by atoms with Gasteiger partial charge in [0, 0.05) is 23.8 Å². The minimum atomic E-state index is -0.124. The first-order valence-electron chi connectivity index (χ1n) is 3.84. The number of hydrogen-bond donors (Lipinski definition) is 2. The van der Waals surface area contributed by atoms with Gasteiger partial charge in [0.15, 0.2) is 0 Å². The van der Waals surface area contributed by atoms with Gasteiger partial charge in [-0.2, -0.15) is 4.37 Å². The molecule has 1 atom stereocenters. The Labute approximate surface area is 81.4 Å². The molecular weight excluding hydrogens is 184 g/mol. The van der Waals surface area contributed by atoms with E-state index in [2.05, 4.69) is 21.3 Å². The molecule has 0 aliphatic carbocycles. The summed E-state index contributed by atoms with van der Waals surface area (Å²) in [7, 11) is 0. The summed E-state index contributed by atoms with van der Waals surface area (Å²) in [4.78, 5) is 4.11. The molecular formula is C8H12N4S. The second kappa shape index (κ2) is 4.74. The molecule has 1 heterocycles. The predicted octanol–water partition coefficient (Wildman–Crippen LogP) is 1.29. The van der Waals surface area contributed by atoms with E-state index in [9.17, 15) is 0 Å². The molecule has 5 heteroatoms. The zero-order valence-electron chi connectivity index (χ0n) is 7.40. The molecule has 3 N–H and O–H groups in total. The zero-order chi connectivity index (χ0) is 9.68. The van der Waals surface area contributed by atoms with Gasteiger partial charge < -0.3 is 11.1 Å². The van der Waals surface area contributed by atoms with Crippen LogP contribution < -0.4 is 11.1 Å². The van der Waals surface area contributed by atoms with Gasteiger partial charge in [0.1, 0.15) is 5.82 Å². The van der Waals surface area contributed by atoms with Crippen LogP contribution in [0.3, 0.4) is 0 Å². The highest BCUT2D eigenvalue weighted by Crippen LogP contribution is 2.09. The van der Waals surface area contributed by atoms with Crippen LogP contribution in [0, 0.1) is 6.92 Å². The van der Waals surface area contributed by atoms with Crippen LogP contribution in [0.25, 0.3) is 0 Å². The minimum Gasteiger partial charge on any atom is -0.337 e. The molecule has 0 bridgehead atoms. The molecule has 4 nitrogen and oxygen atoms in total. The van der Waals surface area contributed by atoms with Gasteiger partial charge in [0.05, 0.1) is 0 Å². The van der Waals surface area contributed by atoms with E-state index in [1.54, 1.807) is 18.4 Å². The number of anilines is 1. The Morgan fingerprint density at radius 1 is 1.69 bits per heavy atom. The lowest BCUT2D eigenvalue weighted by atomic mass is 10.3. The molecule has 1 aromatic rings. The molecule has 1 unspecified atom stereocenters. The van der Waals surface area contributed by atoms with Crippen molar-refractivity contribution in [1.82, 2.24) is 9.36 Å². The number of nitrogens with zero attached hydrogens (tertiary/aromatic N) is 2. The first-order chi connectivity index (χ1) is 6.22. The van der Waals surface area contributed by atoms with Crippen molar-refractivity contribution in [2.24, 2.45) is 5.73 Å². The van der Waals surface area contributed by atoms with Crippen molar-refractivity contribution < 1.29 is 0 Å². The fourth-order valence-electron chi connectivity index (χ4n) is 0.665. The van der Waals surface area contributed by atoms with E-state index in [1.807, 2.05) is 6.92 Å². The number of hydrogen-bond acceptors (Lipinski definition) is 5. The number of aromatic nitrogens is 2. The van der Waals surface area contributed by atoms with Crippen LogP contribution in [0.5, 0.6) is 0 Å². The highest BCUT2D eigenvalue weighted by Gasteiger charge is 1.95. The fraction of sp³-hybridized carbons (Fsp3) is 0.250. The molecule has 0 saturated heterocycles. The van der Waals surface area contributed by atoms with Gasteiger partial charge in [-0.05, 0) is 13.0 Å². The molecule has 0 fully saturated rings. The van der Waals surface area contributed by atoms with Gasteiger partial charge in [0.25, 0.3) is 0 Å². The van der Waals surface area contributed by atoms with E-state index in [0.717, 1.165) is 11.0 Å². The van der Waals surface area contributed by atoms with Crippen molar-refractivity contribution in [3.63, 3.8) is 0 Å². The third-order valence-electron chi connectivity index (χ3n) is 1.32. The molecule has 0 saturated carbocycles. The first kappa shape index (κ1) is 9.88. The van der Waals surface area contributed by atoms with E-state index in [0.29, 0.717) is 0 Å². The Morgan fingerprint density at radius 3 is 3.00 bits per heavy atom.